The van der Waals surface area contributed by atoms with Crippen LogP contribution in [0, 0.1) is 0 Å². The van der Waals surface area contributed by atoms with Gasteiger partial charge in [0.05, 0.1) is 35.4 Å². The third-order valence-electron chi connectivity index (χ3n) is 6.59. The molecule has 0 aromatic carbocycles. The number of amides is 2. The maximum Gasteiger partial charge on any atom is 0.412 e. The number of nitrogens with one attached hydrogen (secondary N) is 2. The lowest BCUT2D eigenvalue weighted by atomic mass is 10.0. The smallest absolute Gasteiger partial charge is 0.412 e. The van der Waals surface area contributed by atoms with Crippen LogP contribution in [0.1, 0.15) is 37.7 Å². The van der Waals surface area contributed by atoms with E-state index in [-0.39, 0.29) is 28.2 Å². The minimum Gasteiger partial charge on any atom is -0.465 e. The maximum atomic E-state index is 13.0. The summed E-state index contributed by atoms with van der Waals surface area (Å²) in [4.78, 5) is 35.1. The minimum atomic E-state index is -2.17. The molecule has 1 fully saturated rings. The van der Waals surface area contributed by atoms with Crippen LogP contribution in [0.5, 0.6) is 0 Å². The summed E-state index contributed by atoms with van der Waals surface area (Å²) in [5.74, 6) is -0.570. The Hall–Kier alpha value is -2.54. The third kappa shape index (κ3) is 6.18. The summed E-state index contributed by atoms with van der Waals surface area (Å²) < 4.78 is 7.14. The molecular formula is C23H33BrN6O4Si. The second-order valence-electron chi connectivity index (χ2n) is 10.0. The monoisotopic (exact) mass is 564 g/mol. The van der Waals surface area contributed by atoms with Crippen molar-refractivity contribution in [1.29, 1.82) is 0 Å². The van der Waals surface area contributed by atoms with Crippen LogP contribution in [0.15, 0.2) is 35.2 Å². The van der Waals surface area contributed by atoms with E-state index in [0.717, 1.165) is 6.54 Å². The lowest BCUT2D eigenvalue weighted by Crippen LogP contribution is -2.60. The van der Waals surface area contributed by atoms with Gasteiger partial charge in [-0.05, 0) is 65.2 Å². The molecule has 1 aliphatic rings. The highest BCUT2D eigenvalue weighted by Gasteiger charge is 2.44. The Morgan fingerprint density at radius 1 is 1.31 bits per heavy atom. The van der Waals surface area contributed by atoms with Crippen LogP contribution in [-0.2, 0) is 4.43 Å². The molecule has 2 atom stereocenters. The van der Waals surface area contributed by atoms with Gasteiger partial charge in [-0.1, -0.05) is 20.8 Å². The Kier molecular flexibility index (Phi) is 8.20. The first-order valence-electron chi connectivity index (χ1n) is 11.4. The molecule has 0 radical (unpaired) electrons. The maximum absolute atomic E-state index is 13.0. The van der Waals surface area contributed by atoms with Crippen LogP contribution >= 0.6 is 15.9 Å². The fourth-order valence-corrected chi connectivity index (χ4v) is 5.39. The highest BCUT2D eigenvalue weighted by molar-refractivity contribution is 9.10. The summed E-state index contributed by atoms with van der Waals surface area (Å²) in [6, 6.07) is 4.27. The average molecular weight is 566 g/mol. The second kappa shape index (κ2) is 10.6. The Morgan fingerprint density at radius 3 is 2.69 bits per heavy atom. The average Bonchev–Trinajstić information content (AvgIpc) is 2.76. The molecule has 3 heterocycles. The molecule has 0 spiro atoms. The van der Waals surface area contributed by atoms with E-state index in [1.165, 1.54) is 17.3 Å². The van der Waals surface area contributed by atoms with Gasteiger partial charge in [0, 0.05) is 12.7 Å². The van der Waals surface area contributed by atoms with Crippen molar-refractivity contribution in [3.63, 3.8) is 0 Å². The number of halogens is 1. The quantitative estimate of drug-likeness (QED) is 0.300. The highest BCUT2D eigenvalue weighted by atomic mass is 79.9. The van der Waals surface area contributed by atoms with Crippen molar-refractivity contribution in [3.8, 4) is 0 Å². The normalized spacial score (nSPS) is 18.7. The SMILES string of the molecule is CC(C)(C)[Si](C)(C)O[C@@H]1CCNC[C@H]1N(C(=O)O)c1ccncc1NC(=O)c1nc(Br)ccc1N. The summed E-state index contributed by atoms with van der Waals surface area (Å²) in [5.41, 5.74) is 6.69. The summed E-state index contributed by atoms with van der Waals surface area (Å²) in [6.07, 6.45) is 2.13. The van der Waals surface area contributed by atoms with Crippen molar-refractivity contribution in [1.82, 2.24) is 15.3 Å². The van der Waals surface area contributed by atoms with Gasteiger partial charge in [-0.25, -0.2) is 9.78 Å². The number of pyridine rings is 2. The van der Waals surface area contributed by atoms with Crippen molar-refractivity contribution in [2.75, 3.05) is 29.0 Å². The molecule has 1 aliphatic heterocycles. The van der Waals surface area contributed by atoms with E-state index in [4.69, 9.17) is 10.2 Å². The number of nitrogens with zero attached hydrogens (tertiary/aromatic N) is 3. The predicted octanol–water partition coefficient (Wildman–Crippen LogP) is 4.31. The number of nitrogen functional groups attached to an aromatic ring is 1. The molecule has 35 heavy (non-hydrogen) atoms. The summed E-state index contributed by atoms with van der Waals surface area (Å²) in [5, 5.41) is 16.3. The van der Waals surface area contributed by atoms with Crippen molar-refractivity contribution in [2.24, 2.45) is 0 Å². The summed E-state index contributed by atoms with van der Waals surface area (Å²) in [7, 11) is -2.17. The molecule has 2 amide bonds. The first-order valence-corrected chi connectivity index (χ1v) is 15.1. The van der Waals surface area contributed by atoms with E-state index >= 15 is 0 Å². The molecule has 0 aliphatic carbocycles. The third-order valence-corrected chi connectivity index (χ3v) is 11.5. The molecule has 3 rings (SSSR count). The largest absolute Gasteiger partial charge is 0.465 e. The molecule has 5 N–H and O–H groups in total. The first-order chi connectivity index (χ1) is 16.3. The molecule has 10 nitrogen and oxygen atoms in total. The van der Waals surface area contributed by atoms with Gasteiger partial charge in [0.1, 0.15) is 4.60 Å². The van der Waals surface area contributed by atoms with E-state index in [0.29, 0.717) is 23.3 Å². The van der Waals surface area contributed by atoms with Gasteiger partial charge < -0.3 is 25.9 Å². The van der Waals surface area contributed by atoms with Crippen molar-refractivity contribution in [2.45, 2.75) is 57.5 Å². The Morgan fingerprint density at radius 2 is 2.03 bits per heavy atom. The van der Waals surface area contributed by atoms with Gasteiger partial charge in [0.15, 0.2) is 14.0 Å². The fraction of sp³-hybridized carbons (Fsp3) is 0.478. The lowest BCUT2D eigenvalue weighted by Gasteiger charge is -2.45. The van der Waals surface area contributed by atoms with E-state index < -0.39 is 26.4 Å². The van der Waals surface area contributed by atoms with Gasteiger partial charge in [-0.3, -0.25) is 14.7 Å². The van der Waals surface area contributed by atoms with Crippen molar-refractivity contribution in [3.05, 3.63) is 40.9 Å². The molecule has 190 valence electrons. The number of piperidine rings is 1. The minimum absolute atomic E-state index is 0.0227. The number of hydrogen-bond acceptors (Lipinski definition) is 7. The van der Waals surface area contributed by atoms with E-state index in [1.54, 1.807) is 18.2 Å². The fourth-order valence-electron chi connectivity index (χ4n) is 3.69. The van der Waals surface area contributed by atoms with E-state index in [9.17, 15) is 14.7 Å². The van der Waals surface area contributed by atoms with Gasteiger partial charge in [-0.15, -0.1) is 0 Å². The summed E-state index contributed by atoms with van der Waals surface area (Å²) >= 11 is 3.24. The molecular weight excluding hydrogens is 532 g/mol. The molecule has 2 aromatic heterocycles. The van der Waals surface area contributed by atoms with Gasteiger partial charge >= 0.3 is 6.09 Å². The van der Waals surface area contributed by atoms with Crippen molar-refractivity contribution < 1.29 is 19.1 Å². The number of carbonyl (C=O) groups is 2. The molecule has 0 saturated carbocycles. The van der Waals surface area contributed by atoms with Crippen LogP contribution in [0.2, 0.25) is 18.1 Å². The lowest BCUT2D eigenvalue weighted by molar-refractivity contribution is 0.102. The standard InChI is InChI=1S/C23H33BrN6O4Si/c1-23(2,3)35(4,5)34-18-9-11-27-13-17(18)30(22(32)33)16-8-10-26-12-15(16)28-21(31)20-14(25)6-7-19(24)29-20/h6-8,10,12,17-18,27H,9,11,13,25H2,1-5H3,(H,28,31)(H,32,33)/t17-,18-/m1/s1. The zero-order chi connectivity index (χ0) is 26.0. The van der Waals surface area contributed by atoms with Gasteiger partial charge in [-0.2, -0.15) is 0 Å². The molecule has 12 heteroatoms. The number of carboxylic acid groups (broad SMARTS) is 1. The van der Waals surface area contributed by atoms with Crippen molar-refractivity contribution >= 4 is 53.3 Å². The number of nitrogens with two attached hydrogens (primary N) is 1. The van der Waals surface area contributed by atoms with Crippen LogP contribution in [0.25, 0.3) is 0 Å². The molecule has 1 saturated heterocycles. The summed E-state index contributed by atoms with van der Waals surface area (Å²) in [6.45, 7) is 11.9. The Labute approximate surface area is 214 Å². The zero-order valence-electron chi connectivity index (χ0n) is 20.6. The Balaban J connectivity index is 1.96. The number of anilines is 3. The van der Waals surface area contributed by atoms with E-state index in [2.05, 4.69) is 70.4 Å². The predicted molar refractivity (Wildman–Crippen MR) is 142 cm³/mol. The number of aromatic nitrogens is 2. The van der Waals surface area contributed by atoms with Crippen LogP contribution in [0.3, 0.4) is 0 Å². The topological polar surface area (TPSA) is 143 Å². The van der Waals surface area contributed by atoms with Gasteiger partial charge in [0.2, 0.25) is 0 Å². The molecule has 2 aromatic rings. The second-order valence-corrected chi connectivity index (χ2v) is 15.6. The first kappa shape index (κ1) is 27.1. The van der Waals surface area contributed by atoms with E-state index in [1.807, 2.05) is 0 Å². The zero-order valence-corrected chi connectivity index (χ0v) is 23.2. The van der Waals surface area contributed by atoms with Crippen LogP contribution < -0.4 is 21.3 Å². The number of hydrogen-bond donors (Lipinski definition) is 4. The van der Waals surface area contributed by atoms with Crippen LogP contribution in [0.4, 0.5) is 21.9 Å². The van der Waals surface area contributed by atoms with Gasteiger partial charge in [0.25, 0.3) is 5.91 Å². The number of carbonyl (C=O) groups excluding carboxylic acids is 1. The Bertz CT molecular complexity index is 1090. The number of rotatable bonds is 6. The molecule has 0 bridgehead atoms. The highest BCUT2D eigenvalue weighted by Crippen LogP contribution is 2.39. The molecule has 0 unspecified atom stereocenters. The van der Waals surface area contributed by atoms with Crippen LogP contribution in [-0.4, -0.2) is 60.6 Å².